The minimum Gasteiger partial charge on any atom is -0.374 e. The third-order valence-electron chi connectivity index (χ3n) is 2.76. The lowest BCUT2D eigenvalue weighted by Crippen LogP contribution is -2.01. The Hall–Kier alpha value is -2.61. The molecule has 0 saturated carbocycles. The van der Waals surface area contributed by atoms with Gasteiger partial charge >= 0.3 is 0 Å². The van der Waals surface area contributed by atoms with Gasteiger partial charge in [-0.3, -0.25) is 15.1 Å². The molecule has 0 saturated heterocycles. The third kappa shape index (κ3) is 2.63. The van der Waals surface area contributed by atoms with Crippen molar-refractivity contribution in [1.29, 1.82) is 0 Å². The van der Waals surface area contributed by atoms with E-state index in [-0.39, 0.29) is 5.69 Å². The highest BCUT2D eigenvalue weighted by Crippen LogP contribution is 2.31. The molecule has 2 aromatic rings. The molecule has 0 aliphatic rings. The smallest absolute Gasteiger partial charge is 0.278 e. The molecule has 1 heterocycles. The number of hydrogen-bond acceptors (Lipinski definition) is 4. The maximum Gasteiger partial charge on any atom is 0.278 e. The van der Waals surface area contributed by atoms with Crippen LogP contribution in [0, 0.1) is 28.9 Å². The zero-order valence-corrected chi connectivity index (χ0v) is 10.7. The summed E-state index contributed by atoms with van der Waals surface area (Å²) < 4.78 is 0. The topological polar surface area (TPSA) is 68.1 Å². The summed E-state index contributed by atoms with van der Waals surface area (Å²) in [6.45, 7) is 4.13. The van der Waals surface area contributed by atoms with E-state index >= 15 is 0 Å². The van der Waals surface area contributed by atoms with Crippen molar-refractivity contribution in [3.8, 4) is 11.8 Å². The van der Waals surface area contributed by atoms with Gasteiger partial charge in [-0.05, 0) is 26.0 Å². The number of nitrogens with one attached hydrogen (secondary N) is 1. The maximum absolute atomic E-state index is 11.0. The average molecular weight is 255 g/mol. The van der Waals surface area contributed by atoms with Gasteiger partial charge < -0.3 is 5.32 Å². The van der Waals surface area contributed by atoms with E-state index in [1.807, 2.05) is 13.0 Å². The first-order valence-electron chi connectivity index (χ1n) is 5.80. The highest BCUT2D eigenvalue weighted by atomic mass is 16.6. The second kappa shape index (κ2) is 5.36. The zero-order chi connectivity index (χ0) is 13.8. The van der Waals surface area contributed by atoms with Crippen LogP contribution < -0.4 is 5.32 Å². The molecule has 0 spiro atoms. The molecule has 1 aromatic carbocycles. The van der Waals surface area contributed by atoms with Crippen LogP contribution in [0.2, 0.25) is 0 Å². The van der Waals surface area contributed by atoms with Crippen LogP contribution in [0.5, 0.6) is 0 Å². The van der Waals surface area contributed by atoms with E-state index in [1.54, 1.807) is 19.2 Å². The van der Waals surface area contributed by atoms with Crippen molar-refractivity contribution in [2.75, 3.05) is 11.9 Å². The molecule has 0 unspecified atom stereocenters. The number of aryl methyl sites for hydroxylation is 1. The summed E-state index contributed by atoms with van der Waals surface area (Å²) in [6, 6.07) is 5.03. The second-order valence-electron chi connectivity index (χ2n) is 4.04. The van der Waals surface area contributed by atoms with E-state index in [0.717, 1.165) is 16.8 Å². The summed E-state index contributed by atoms with van der Waals surface area (Å²) in [4.78, 5) is 14.7. The van der Waals surface area contributed by atoms with Crippen LogP contribution in [-0.4, -0.2) is 16.5 Å². The predicted octanol–water partition coefficient (Wildman–Crippen LogP) is 2.89. The van der Waals surface area contributed by atoms with E-state index < -0.39 is 4.92 Å². The molecule has 0 amide bonds. The highest BCUT2D eigenvalue weighted by molar-refractivity contribution is 5.99. The first kappa shape index (κ1) is 12.8. The van der Waals surface area contributed by atoms with Crippen LogP contribution >= 0.6 is 0 Å². The Labute approximate surface area is 110 Å². The molecule has 19 heavy (non-hydrogen) atoms. The zero-order valence-electron chi connectivity index (χ0n) is 10.7. The Morgan fingerprint density at radius 2 is 2.21 bits per heavy atom. The normalized spacial score (nSPS) is 9.79. The number of aromatic nitrogens is 1. The number of non-ortho nitro benzene ring substituents is 1. The largest absolute Gasteiger partial charge is 0.374 e. The quantitative estimate of drug-likeness (QED) is 0.520. The Balaban J connectivity index is 2.58. The van der Waals surface area contributed by atoms with E-state index in [2.05, 4.69) is 22.1 Å². The summed E-state index contributed by atoms with van der Waals surface area (Å²) in [6.07, 6.45) is 1.54. The van der Waals surface area contributed by atoms with Gasteiger partial charge in [0, 0.05) is 29.0 Å². The van der Waals surface area contributed by atoms with Crippen molar-refractivity contribution in [2.45, 2.75) is 13.8 Å². The molecular weight excluding hydrogens is 242 g/mol. The summed E-state index contributed by atoms with van der Waals surface area (Å²) in [5.74, 6) is 5.70. The lowest BCUT2D eigenvalue weighted by atomic mass is 10.1. The number of fused-ring (bicyclic) bond motifs is 1. The van der Waals surface area contributed by atoms with E-state index in [4.69, 9.17) is 0 Å². The number of hydrogen-bond donors (Lipinski definition) is 1. The van der Waals surface area contributed by atoms with Crippen molar-refractivity contribution in [2.24, 2.45) is 0 Å². The van der Waals surface area contributed by atoms with Gasteiger partial charge in [-0.1, -0.05) is 5.92 Å². The minimum atomic E-state index is -0.394. The predicted molar refractivity (Wildman–Crippen MR) is 75.1 cm³/mol. The van der Waals surface area contributed by atoms with E-state index in [9.17, 15) is 10.1 Å². The molecule has 5 heteroatoms. The summed E-state index contributed by atoms with van der Waals surface area (Å²) in [5, 5.41) is 15.5. The minimum absolute atomic E-state index is 0.0645. The summed E-state index contributed by atoms with van der Waals surface area (Å²) >= 11 is 0. The Bertz CT molecular complexity index is 699. The molecule has 0 aliphatic heterocycles. The fraction of sp³-hybridized carbons (Fsp3) is 0.214. The Morgan fingerprint density at radius 1 is 1.42 bits per heavy atom. The third-order valence-corrected chi connectivity index (χ3v) is 2.76. The van der Waals surface area contributed by atoms with Gasteiger partial charge in [0.2, 0.25) is 0 Å². The molecule has 5 nitrogen and oxygen atoms in total. The van der Waals surface area contributed by atoms with Crippen molar-refractivity contribution in [3.63, 3.8) is 0 Å². The SMILES string of the molecule is CC#CCNc1ccc([N+](=O)[O-])c2cnc(C)cc12. The number of nitro benzene ring substituents is 1. The van der Waals surface area contributed by atoms with Gasteiger partial charge in [-0.15, -0.1) is 5.92 Å². The van der Waals surface area contributed by atoms with Crippen LogP contribution in [0.1, 0.15) is 12.6 Å². The number of rotatable bonds is 3. The number of nitrogens with zero attached hydrogens (tertiary/aromatic N) is 2. The number of nitro groups is 1. The van der Waals surface area contributed by atoms with Crippen molar-refractivity contribution < 1.29 is 4.92 Å². The number of benzene rings is 1. The lowest BCUT2D eigenvalue weighted by Gasteiger charge is -2.08. The number of anilines is 1. The first-order valence-corrected chi connectivity index (χ1v) is 5.80. The monoisotopic (exact) mass is 255 g/mol. The second-order valence-corrected chi connectivity index (χ2v) is 4.04. The van der Waals surface area contributed by atoms with E-state index in [1.165, 1.54) is 6.07 Å². The lowest BCUT2D eigenvalue weighted by molar-refractivity contribution is -0.383. The molecule has 0 radical (unpaired) electrons. The molecule has 2 rings (SSSR count). The Kier molecular flexibility index (Phi) is 3.62. The number of pyridine rings is 1. The standard InChI is InChI=1S/C14H13N3O2/c1-3-4-7-15-13-5-6-14(17(18)19)12-9-16-10(2)8-11(12)13/h5-6,8-9,15H,7H2,1-2H3. The molecule has 0 bridgehead atoms. The van der Waals surface area contributed by atoms with Crippen LogP contribution in [0.4, 0.5) is 11.4 Å². The highest BCUT2D eigenvalue weighted by Gasteiger charge is 2.14. The first-order chi connectivity index (χ1) is 9.13. The van der Waals surface area contributed by atoms with E-state index in [0.29, 0.717) is 11.9 Å². The summed E-state index contributed by atoms with van der Waals surface area (Å²) in [7, 11) is 0. The van der Waals surface area contributed by atoms with Gasteiger partial charge in [0.1, 0.15) is 0 Å². The van der Waals surface area contributed by atoms with Crippen LogP contribution in [-0.2, 0) is 0 Å². The summed E-state index contributed by atoms with van der Waals surface area (Å²) in [5.41, 5.74) is 1.71. The average Bonchev–Trinajstić information content (AvgIpc) is 2.38. The maximum atomic E-state index is 11.0. The van der Waals surface area contributed by atoms with Gasteiger partial charge in [0.05, 0.1) is 16.9 Å². The molecule has 0 atom stereocenters. The molecule has 0 fully saturated rings. The molecular formula is C14H13N3O2. The van der Waals surface area contributed by atoms with Crippen LogP contribution in [0.15, 0.2) is 24.4 Å². The van der Waals surface area contributed by atoms with Crippen LogP contribution in [0.25, 0.3) is 10.8 Å². The van der Waals surface area contributed by atoms with Crippen molar-refractivity contribution >= 4 is 22.1 Å². The molecule has 96 valence electrons. The van der Waals surface area contributed by atoms with Gasteiger partial charge in [0.25, 0.3) is 5.69 Å². The van der Waals surface area contributed by atoms with Gasteiger partial charge in [-0.25, -0.2) is 0 Å². The van der Waals surface area contributed by atoms with Gasteiger partial charge in [-0.2, -0.15) is 0 Å². The molecule has 1 N–H and O–H groups in total. The fourth-order valence-corrected chi connectivity index (χ4v) is 1.87. The Morgan fingerprint density at radius 3 is 2.89 bits per heavy atom. The molecule has 1 aromatic heterocycles. The van der Waals surface area contributed by atoms with Crippen LogP contribution in [0.3, 0.4) is 0 Å². The molecule has 0 aliphatic carbocycles. The van der Waals surface area contributed by atoms with Crippen molar-refractivity contribution in [3.05, 3.63) is 40.2 Å². The van der Waals surface area contributed by atoms with Crippen molar-refractivity contribution in [1.82, 2.24) is 4.98 Å². The van der Waals surface area contributed by atoms with Gasteiger partial charge in [0.15, 0.2) is 0 Å². The fourth-order valence-electron chi connectivity index (χ4n) is 1.87.